The largest absolute Gasteiger partial charge is 0.356 e. The molecule has 1 heterocycles. The van der Waals surface area contributed by atoms with Crippen molar-refractivity contribution in [3.63, 3.8) is 0 Å². The van der Waals surface area contributed by atoms with Crippen molar-refractivity contribution in [2.75, 3.05) is 25.0 Å². The molecule has 0 atom stereocenters. The number of guanidine groups is 1. The first-order valence-electron chi connectivity index (χ1n) is 9.15. The maximum Gasteiger partial charge on any atom is 0.215 e. The van der Waals surface area contributed by atoms with Crippen molar-refractivity contribution in [1.82, 2.24) is 10.0 Å². The Hall–Kier alpha value is -1.65. The maximum absolute atomic E-state index is 11.6. The van der Waals surface area contributed by atoms with Crippen LogP contribution in [0.3, 0.4) is 0 Å². The number of anilines is 1. The van der Waals surface area contributed by atoms with Crippen LogP contribution in [0.5, 0.6) is 0 Å². The number of hydrogen-bond acceptors (Lipinski definition) is 3. The summed E-state index contributed by atoms with van der Waals surface area (Å²) in [6, 6.07) is 16.0. The molecule has 0 spiro atoms. The Balaban J connectivity index is 0.00000280. The normalized spacial score (nSPS) is 13.8. The third-order valence-electron chi connectivity index (χ3n) is 4.58. The van der Waals surface area contributed by atoms with E-state index in [-0.39, 0.29) is 29.7 Å². The van der Waals surface area contributed by atoms with E-state index >= 15 is 0 Å². The van der Waals surface area contributed by atoms with E-state index in [2.05, 4.69) is 46.1 Å². The quantitative estimate of drug-likeness (QED) is 0.354. The number of nitrogens with one attached hydrogen (secondary N) is 2. The molecule has 0 saturated carbocycles. The van der Waals surface area contributed by atoms with Crippen molar-refractivity contribution < 1.29 is 8.42 Å². The van der Waals surface area contributed by atoms with Gasteiger partial charge in [0.2, 0.25) is 10.0 Å². The van der Waals surface area contributed by atoms with Gasteiger partial charge in [-0.3, -0.25) is 0 Å². The highest BCUT2D eigenvalue weighted by atomic mass is 127. The lowest BCUT2D eigenvalue weighted by Gasteiger charge is -2.22. The van der Waals surface area contributed by atoms with Crippen LogP contribution in [-0.4, -0.2) is 34.5 Å². The summed E-state index contributed by atoms with van der Waals surface area (Å²) in [5, 5.41) is 3.37. The molecular weight excluding hydrogens is 487 g/mol. The van der Waals surface area contributed by atoms with Gasteiger partial charge in [0, 0.05) is 18.8 Å². The zero-order valence-corrected chi connectivity index (χ0v) is 19.3. The first-order valence-corrected chi connectivity index (χ1v) is 10.8. The van der Waals surface area contributed by atoms with Gasteiger partial charge in [0.1, 0.15) is 0 Å². The first-order chi connectivity index (χ1) is 13.0. The fraction of sp³-hybridized carbons (Fsp3) is 0.350. The molecule has 1 aliphatic rings. The van der Waals surface area contributed by atoms with E-state index in [0.29, 0.717) is 6.54 Å². The van der Waals surface area contributed by atoms with Gasteiger partial charge in [-0.1, -0.05) is 42.5 Å². The Kier molecular flexibility index (Phi) is 8.26. The Morgan fingerprint density at radius 1 is 1.11 bits per heavy atom. The number of benzene rings is 2. The van der Waals surface area contributed by atoms with Gasteiger partial charge >= 0.3 is 0 Å². The van der Waals surface area contributed by atoms with Crippen molar-refractivity contribution in [2.24, 2.45) is 4.99 Å². The van der Waals surface area contributed by atoms with Gasteiger partial charge in [-0.2, -0.15) is 0 Å². The van der Waals surface area contributed by atoms with Crippen LogP contribution in [0, 0.1) is 0 Å². The zero-order valence-electron chi connectivity index (χ0n) is 16.2. The first kappa shape index (κ1) is 22.6. The molecule has 0 unspecified atom stereocenters. The topological polar surface area (TPSA) is 73.8 Å². The van der Waals surface area contributed by atoms with Gasteiger partial charge in [-0.15, -0.1) is 24.0 Å². The number of rotatable bonds is 6. The number of para-hydroxylation sites is 1. The van der Waals surface area contributed by atoms with Gasteiger partial charge < -0.3 is 10.2 Å². The minimum Gasteiger partial charge on any atom is -0.356 e. The molecule has 2 aromatic rings. The molecule has 0 bridgehead atoms. The lowest BCUT2D eigenvalue weighted by atomic mass is 10.1. The smallest absolute Gasteiger partial charge is 0.215 e. The Morgan fingerprint density at radius 2 is 1.79 bits per heavy atom. The summed E-state index contributed by atoms with van der Waals surface area (Å²) in [6.45, 7) is 4.33. The standard InChI is InChI=1S/C20H26N4O2S.HI/c1-3-22-20(24-13-12-18-6-4-5-7-19(18)24)23-14-16-8-10-17(11-9-16)15-27(25,26)21-2;/h4-11,21H,3,12-15H2,1-2H3,(H,22,23);1H. The maximum atomic E-state index is 11.6. The number of hydrogen-bond donors (Lipinski definition) is 2. The molecular formula is C20H27IN4O2S. The van der Waals surface area contributed by atoms with Crippen molar-refractivity contribution >= 4 is 45.6 Å². The van der Waals surface area contributed by atoms with Crippen LogP contribution in [0.15, 0.2) is 53.5 Å². The molecule has 2 N–H and O–H groups in total. The van der Waals surface area contributed by atoms with Crippen LogP contribution in [-0.2, 0) is 28.7 Å². The van der Waals surface area contributed by atoms with Crippen molar-refractivity contribution in [1.29, 1.82) is 0 Å². The van der Waals surface area contributed by atoms with E-state index < -0.39 is 10.0 Å². The molecule has 28 heavy (non-hydrogen) atoms. The monoisotopic (exact) mass is 514 g/mol. The van der Waals surface area contributed by atoms with E-state index in [4.69, 9.17) is 4.99 Å². The van der Waals surface area contributed by atoms with E-state index in [9.17, 15) is 8.42 Å². The highest BCUT2D eigenvalue weighted by molar-refractivity contribution is 14.0. The van der Waals surface area contributed by atoms with E-state index in [0.717, 1.165) is 36.6 Å². The highest BCUT2D eigenvalue weighted by Gasteiger charge is 2.22. The van der Waals surface area contributed by atoms with Gasteiger partial charge in [0.25, 0.3) is 0 Å². The van der Waals surface area contributed by atoms with Crippen LogP contribution < -0.4 is 14.9 Å². The summed E-state index contributed by atoms with van der Waals surface area (Å²) < 4.78 is 25.6. The van der Waals surface area contributed by atoms with E-state index in [1.807, 2.05) is 24.3 Å². The summed E-state index contributed by atoms with van der Waals surface area (Å²) in [4.78, 5) is 7.01. The average Bonchev–Trinajstić information content (AvgIpc) is 3.10. The molecule has 0 fully saturated rings. The van der Waals surface area contributed by atoms with Gasteiger partial charge in [0.15, 0.2) is 5.96 Å². The molecule has 0 aromatic heterocycles. The Bertz CT molecular complexity index is 914. The summed E-state index contributed by atoms with van der Waals surface area (Å²) in [6.07, 6.45) is 1.02. The molecule has 0 radical (unpaired) electrons. The molecule has 0 aliphatic carbocycles. The number of halogens is 1. The second-order valence-electron chi connectivity index (χ2n) is 6.48. The van der Waals surface area contributed by atoms with Crippen LogP contribution >= 0.6 is 24.0 Å². The van der Waals surface area contributed by atoms with Crippen LogP contribution in [0.25, 0.3) is 0 Å². The molecule has 1 aliphatic heterocycles. The summed E-state index contributed by atoms with van der Waals surface area (Å²) in [5.74, 6) is 0.865. The van der Waals surface area contributed by atoms with Crippen LogP contribution in [0.4, 0.5) is 5.69 Å². The minimum atomic E-state index is -3.25. The second-order valence-corrected chi connectivity index (χ2v) is 8.41. The van der Waals surface area contributed by atoms with Gasteiger partial charge in [-0.25, -0.2) is 18.1 Å². The molecule has 0 amide bonds. The van der Waals surface area contributed by atoms with Crippen LogP contribution in [0.2, 0.25) is 0 Å². The summed E-state index contributed by atoms with van der Waals surface area (Å²) >= 11 is 0. The number of fused-ring (bicyclic) bond motifs is 1. The Labute approximate surface area is 184 Å². The fourth-order valence-corrected chi connectivity index (χ4v) is 3.93. The molecule has 6 nitrogen and oxygen atoms in total. The van der Waals surface area contributed by atoms with Crippen molar-refractivity contribution in [3.8, 4) is 0 Å². The lowest BCUT2D eigenvalue weighted by molar-refractivity contribution is 0.587. The molecule has 0 saturated heterocycles. The summed E-state index contributed by atoms with van der Waals surface area (Å²) in [7, 11) is -1.82. The number of aliphatic imine (C=N–C) groups is 1. The van der Waals surface area contributed by atoms with Gasteiger partial charge in [0.05, 0.1) is 12.3 Å². The van der Waals surface area contributed by atoms with Crippen molar-refractivity contribution in [3.05, 3.63) is 65.2 Å². The lowest BCUT2D eigenvalue weighted by Crippen LogP contribution is -2.40. The number of sulfonamides is 1. The Morgan fingerprint density at radius 3 is 2.46 bits per heavy atom. The molecule has 8 heteroatoms. The predicted octanol–water partition coefficient (Wildman–Crippen LogP) is 2.88. The average molecular weight is 514 g/mol. The third kappa shape index (κ3) is 5.68. The van der Waals surface area contributed by atoms with E-state index in [1.165, 1.54) is 18.3 Å². The minimum absolute atomic E-state index is 0. The molecule has 2 aromatic carbocycles. The van der Waals surface area contributed by atoms with Crippen molar-refractivity contribution in [2.45, 2.75) is 25.6 Å². The predicted molar refractivity (Wildman–Crippen MR) is 126 cm³/mol. The van der Waals surface area contributed by atoms with Crippen LogP contribution in [0.1, 0.15) is 23.6 Å². The molecule has 3 rings (SSSR count). The number of nitrogens with zero attached hydrogens (tertiary/aromatic N) is 2. The third-order valence-corrected chi connectivity index (χ3v) is 5.92. The SMILES string of the molecule is CCNC(=NCc1ccc(CS(=O)(=O)NC)cc1)N1CCc2ccccc21.I. The van der Waals surface area contributed by atoms with Gasteiger partial charge in [-0.05, 0) is 43.1 Å². The van der Waals surface area contributed by atoms with E-state index in [1.54, 1.807) is 0 Å². The summed E-state index contributed by atoms with van der Waals surface area (Å²) in [5.41, 5.74) is 4.36. The fourth-order valence-electron chi connectivity index (χ4n) is 3.15. The molecule has 152 valence electrons. The second kappa shape index (κ2) is 10.2. The highest BCUT2D eigenvalue weighted by Crippen LogP contribution is 2.27. The zero-order chi connectivity index (χ0) is 19.3.